The van der Waals surface area contributed by atoms with Crippen LogP contribution >= 0.6 is 0 Å². The zero-order valence-electron chi connectivity index (χ0n) is 14.4. The average Bonchev–Trinajstić information content (AvgIpc) is 3.38. The summed E-state index contributed by atoms with van der Waals surface area (Å²) in [5.41, 5.74) is 7.61. The lowest BCUT2D eigenvalue weighted by Gasteiger charge is -2.12. The summed E-state index contributed by atoms with van der Waals surface area (Å²) in [6.45, 7) is 0. The summed E-state index contributed by atoms with van der Waals surface area (Å²) in [6, 6.07) is 11.9. The van der Waals surface area contributed by atoms with E-state index in [0.717, 1.165) is 24.1 Å². The number of carbonyl (C=O) groups is 1. The lowest BCUT2D eigenvalue weighted by molar-refractivity contribution is 0.100. The lowest BCUT2D eigenvalue weighted by Crippen LogP contribution is -2.12. The first-order chi connectivity index (χ1) is 12.6. The summed E-state index contributed by atoms with van der Waals surface area (Å²) in [6.07, 6.45) is 5.23. The SMILES string of the molecule is N#CCCc1cccc(Nc2nn(C(CC#N)C3CC3)cc2C(N)=O)c1. The second kappa shape index (κ2) is 7.71. The van der Waals surface area contributed by atoms with Gasteiger partial charge in [0, 0.05) is 18.3 Å². The predicted octanol–water partition coefficient (Wildman–Crippen LogP) is 3.05. The van der Waals surface area contributed by atoms with Gasteiger partial charge < -0.3 is 11.1 Å². The Labute approximate surface area is 152 Å². The van der Waals surface area contributed by atoms with E-state index in [2.05, 4.69) is 22.6 Å². The van der Waals surface area contributed by atoms with E-state index in [1.807, 2.05) is 24.3 Å². The van der Waals surface area contributed by atoms with Crippen LogP contribution in [-0.2, 0) is 6.42 Å². The third-order valence-corrected chi connectivity index (χ3v) is 4.52. The number of nitrogens with two attached hydrogens (primary N) is 1. The van der Waals surface area contributed by atoms with Crippen LogP contribution in [0.2, 0.25) is 0 Å². The van der Waals surface area contributed by atoms with Crippen LogP contribution in [0.5, 0.6) is 0 Å². The topological polar surface area (TPSA) is 121 Å². The van der Waals surface area contributed by atoms with Crippen LogP contribution in [0.25, 0.3) is 0 Å². The van der Waals surface area contributed by atoms with Crippen LogP contribution in [0.1, 0.15) is 47.6 Å². The van der Waals surface area contributed by atoms with E-state index in [-0.39, 0.29) is 6.04 Å². The van der Waals surface area contributed by atoms with Crippen LogP contribution in [0.3, 0.4) is 0 Å². The van der Waals surface area contributed by atoms with Gasteiger partial charge in [-0.05, 0) is 42.9 Å². The van der Waals surface area contributed by atoms with Crippen molar-refractivity contribution in [2.24, 2.45) is 11.7 Å². The van der Waals surface area contributed by atoms with Crippen molar-refractivity contribution in [1.29, 1.82) is 10.5 Å². The fourth-order valence-electron chi connectivity index (χ4n) is 3.03. The number of primary amides is 1. The smallest absolute Gasteiger partial charge is 0.254 e. The third-order valence-electron chi connectivity index (χ3n) is 4.52. The number of hydrogen-bond acceptors (Lipinski definition) is 5. The van der Waals surface area contributed by atoms with Crippen LogP contribution in [0.15, 0.2) is 30.5 Å². The summed E-state index contributed by atoms with van der Waals surface area (Å²) >= 11 is 0. The summed E-state index contributed by atoms with van der Waals surface area (Å²) in [5.74, 6) is 0.252. The van der Waals surface area contributed by atoms with Gasteiger partial charge in [-0.25, -0.2) is 0 Å². The van der Waals surface area contributed by atoms with E-state index in [1.165, 1.54) is 0 Å². The molecule has 3 rings (SSSR count). The minimum Gasteiger partial charge on any atom is -0.365 e. The van der Waals surface area contributed by atoms with Gasteiger partial charge in [0.25, 0.3) is 5.91 Å². The Morgan fingerprint density at radius 2 is 2.19 bits per heavy atom. The first-order valence-corrected chi connectivity index (χ1v) is 8.61. The van der Waals surface area contributed by atoms with E-state index in [1.54, 1.807) is 10.9 Å². The molecule has 1 unspecified atom stereocenters. The Balaban J connectivity index is 1.86. The summed E-state index contributed by atoms with van der Waals surface area (Å²) < 4.78 is 1.70. The number of aryl methyl sites for hydroxylation is 1. The van der Waals surface area contributed by atoms with Crippen molar-refractivity contribution >= 4 is 17.4 Å². The maximum absolute atomic E-state index is 11.8. The molecule has 1 aliphatic carbocycles. The molecule has 1 fully saturated rings. The van der Waals surface area contributed by atoms with Crippen LogP contribution < -0.4 is 11.1 Å². The zero-order chi connectivity index (χ0) is 18.5. The zero-order valence-corrected chi connectivity index (χ0v) is 14.4. The molecule has 0 saturated heterocycles. The molecule has 132 valence electrons. The molecule has 7 nitrogen and oxygen atoms in total. The number of hydrogen-bond donors (Lipinski definition) is 2. The van der Waals surface area contributed by atoms with Gasteiger partial charge in [-0.2, -0.15) is 15.6 Å². The quantitative estimate of drug-likeness (QED) is 0.759. The lowest BCUT2D eigenvalue weighted by atomic mass is 10.1. The van der Waals surface area contributed by atoms with Crippen LogP contribution in [0.4, 0.5) is 11.5 Å². The molecule has 3 N–H and O–H groups in total. The number of nitrogens with zero attached hydrogens (tertiary/aromatic N) is 4. The van der Waals surface area contributed by atoms with Gasteiger partial charge in [0.1, 0.15) is 5.56 Å². The number of aromatic nitrogens is 2. The number of anilines is 2. The number of benzene rings is 1. The normalized spacial score (nSPS) is 14.2. The van der Waals surface area contributed by atoms with Gasteiger partial charge in [0.15, 0.2) is 5.82 Å². The Hall–Kier alpha value is -3.32. The molecule has 0 spiro atoms. The van der Waals surface area contributed by atoms with E-state index < -0.39 is 5.91 Å². The van der Waals surface area contributed by atoms with Gasteiger partial charge in [-0.1, -0.05) is 12.1 Å². The van der Waals surface area contributed by atoms with Crippen molar-refractivity contribution < 1.29 is 4.79 Å². The van der Waals surface area contributed by atoms with Crippen molar-refractivity contribution in [2.75, 3.05) is 5.32 Å². The largest absolute Gasteiger partial charge is 0.365 e. The summed E-state index contributed by atoms with van der Waals surface area (Å²) in [5, 5.41) is 25.4. The molecule has 0 radical (unpaired) electrons. The van der Waals surface area contributed by atoms with E-state index in [4.69, 9.17) is 16.3 Å². The average molecular weight is 348 g/mol. The predicted molar refractivity (Wildman–Crippen MR) is 96.4 cm³/mol. The first kappa shape index (κ1) is 17.5. The molecule has 1 heterocycles. The molecule has 1 aromatic carbocycles. The van der Waals surface area contributed by atoms with Crippen LogP contribution in [-0.4, -0.2) is 15.7 Å². The van der Waals surface area contributed by atoms with Crippen molar-refractivity contribution in [2.45, 2.75) is 38.1 Å². The Morgan fingerprint density at radius 3 is 2.85 bits per heavy atom. The number of carbonyl (C=O) groups excluding carboxylic acids is 1. The van der Waals surface area contributed by atoms with E-state index >= 15 is 0 Å². The maximum atomic E-state index is 11.8. The minimum absolute atomic E-state index is 0.0318. The van der Waals surface area contributed by atoms with Gasteiger partial charge in [-0.3, -0.25) is 9.48 Å². The third kappa shape index (κ3) is 4.01. The Bertz CT molecular complexity index is 884. The monoisotopic (exact) mass is 348 g/mol. The summed E-state index contributed by atoms with van der Waals surface area (Å²) in [7, 11) is 0. The highest BCUT2D eigenvalue weighted by molar-refractivity contribution is 5.98. The number of amides is 1. The molecule has 2 aromatic rings. The highest BCUT2D eigenvalue weighted by Gasteiger charge is 2.33. The fraction of sp³-hybridized carbons (Fsp3) is 0.368. The Morgan fingerprint density at radius 1 is 1.38 bits per heavy atom. The molecule has 26 heavy (non-hydrogen) atoms. The van der Waals surface area contributed by atoms with E-state index in [0.29, 0.717) is 36.6 Å². The highest BCUT2D eigenvalue weighted by Crippen LogP contribution is 2.41. The van der Waals surface area contributed by atoms with Gasteiger partial charge in [-0.15, -0.1) is 0 Å². The van der Waals surface area contributed by atoms with Crippen molar-refractivity contribution in [1.82, 2.24) is 9.78 Å². The minimum atomic E-state index is -0.564. The number of nitriles is 2. The molecular weight excluding hydrogens is 328 g/mol. The fourth-order valence-corrected chi connectivity index (χ4v) is 3.03. The molecule has 1 aromatic heterocycles. The van der Waals surface area contributed by atoms with Gasteiger partial charge >= 0.3 is 0 Å². The highest BCUT2D eigenvalue weighted by atomic mass is 16.1. The number of rotatable bonds is 8. The van der Waals surface area contributed by atoms with Gasteiger partial charge in [0.05, 0.1) is 24.6 Å². The molecule has 1 atom stereocenters. The van der Waals surface area contributed by atoms with E-state index in [9.17, 15) is 4.79 Å². The molecule has 0 aliphatic heterocycles. The summed E-state index contributed by atoms with van der Waals surface area (Å²) in [4.78, 5) is 11.8. The van der Waals surface area contributed by atoms with Gasteiger partial charge in [0.2, 0.25) is 0 Å². The van der Waals surface area contributed by atoms with Crippen molar-refractivity contribution in [3.63, 3.8) is 0 Å². The van der Waals surface area contributed by atoms with Crippen LogP contribution in [0, 0.1) is 28.6 Å². The van der Waals surface area contributed by atoms with Crippen molar-refractivity contribution in [3.05, 3.63) is 41.6 Å². The van der Waals surface area contributed by atoms with Crippen molar-refractivity contribution in [3.8, 4) is 12.1 Å². The molecule has 0 bridgehead atoms. The Kier molecular flexibility index (Phi) is 5.19. The molecule has 1 saturated carbocycles. The maximum Gasteiger partial charge on any atom is 0.254 e. The molecule has 1 amide bonds. The molecule has 7 heteroatoms. The molecule has 1 aliphatic rings. The first-order valence-electron chi connectivity index (χ1n) is 8.61. The second-order valence-corrected chi connectivity index (χ2v) is 6.49. The second-order valence-electron chi connectivity index (χ2n) is 6.49. The standard InChI is InChI=1S/C19H20N6O/c20-9-2-4-13-3-1-5-15(11-13)23-19-16(18(22)26)12-25(24-19)17(8-10-21)14-6-7-14/h1,3,5,11-12,14,17H,2,4,6-8H2,(H2,22,26)(H,23,24). The number of nitrogens with one attached hydrogen (secondary N) is 1. The molecular formula is C19H20N6O.